The summed E-state index contributed by atoms with van der Waals surface area (Å²) in [6.07, 6.45) is 5.99. The van der Waals surface area contributed by atoms with Gasteiger partial charge in [0.05, 0.1) is 11.6 Å². The first kappa shape index (κ1) is 13.5. The van der Waals surface area contributed by atoms with Gasteiger partial charge in [0.15, 0.2) is 5.82 Å². The molecule has 1 saturated carbocycles. The lowest BCUT2D eigenvalue weighted by molar-refractivity contribution is 0.424. The number of nitriles is 1. The molecule has 1 aromatic carbocycles. The van der Waals surface area contributed by atoms with Gasteiger partial charge in [0, 0.05) is 11.5 Å². The molecule has 0 amide bonds. The van der Waals surface area contributed by atoms with Crippen molar-refractivity contribution in [2.45, 2.75) is 38.0 Å². The Morgan fingerprint density at radius 2 is 1.81 bits per heavy atom. The van der Waals surface area contributed by atoms with E-state index >= 15 is 0 Å². The molecule has 5 nitrogen and oxygen atoms in total. The molecular weight excluding hydrogens is 262 g/mol. The lowest BCUT2D eigenvalue weighted by Crippen LogP contribution is -2.19. The molecule has 0 unspecified atom stereocenters. The van der Waals surface area contributed by atoms with Crippen molar-refractivity contribution >= 4 is 5.82 Å². The summed E-state index contributed by atoms with van der Waals surface area (Å²) < 4.78 is 1.53. The Morgan fingerprint density at radius 1 is 1.14 bits per heavy atom. The number of rotatable bonds is 2. The molecule has 4 N–H and O–H groups in total. The number of hydrogen-bond acceptors (Lipinski definition) is 4. The summed E-state index contributed by atoms with van der Waals surface area (Å²) in [7, 11) is 0. The SMILES string of the molecule is N#Cc1ccc(-c2nc(C3CCCCC3)n(N)c2N)cc1. The van der Waals surface area contributed by atoms with E-state index in [0.29, 0.717) is 23.0 Å². The third-order valence-electron chi connectivity index (χ3n) is 4.23. The predicted molar refractivity (Wildman–Crippen MR) is 82.8 cm³/mol. The number of aromatic nitrogens is 2. The quantitative estimate of drug-likeness (QED) is 0.828. The van der Waals surface area contributed by atoms with Gasteiger partial charge in [0.1, 0.15) is 11.5 Å². The molecule has 3 rings (SSSR count). The van der Waals surface area contributed by atoms with E-state index in [-0.39, 0.29) is 0 Å². The van der Waals surface area contributed by atoms with Crippen molar-refractivity contribution in [3.05, 3.63) is 35.7 Å². The Hall–Kier alpha value is -2.48. The molecule has 1 fully saturated rings. The Bertz CT molecular complexity index is 672. The Morgan fingerprint density at radius 3 is 2.43 bits per heavy atom. The third kappa shape index (κ3) is 2.45. The Labute approximate surface area is 124 Å². The van der Waals surface area contributed by atoms with Gasteiger partial charge in [-0.15, -0.1) is 0 Å². The molecule has 5 heteroatoms. The number of nitrogens with zero attached hydrogens (tertiary/aromatic N) is 3. The van der Waals surface area contributed by atoms with Crippen LogP contribution in [0.1, 0.15) is 49.4 Å². The molecule has 0 radical (unpaired) electrons. The average Bonchev–Trinajstić information content (AvgIpc) is 2.84. The second-order valence-corrected chi connectivity index (χ2v) is 5.60. The van der Waals surface area contributed by atoms with E-state index in [2.05, 4.69) is 11.1 Å². The maximum atomic E-state index is 8.86. The van der Waals surface area contributed by atoms with Crippen LogP contribution >= 0.6 is 0 Å². The molecule has 0 bridgehead atoms. The van der Waals surface area contributed by atoms with Crippen molar-refractivity contribution in [3.8, 4) is 17.3 Å². The van der Waals surface area contributed by atoms with Crippen LogP contribution in [-0.2, 0) is 0 Å². The first-order valence-electron chi connectivity index (χ1n) is 7.34. The van der Waals surface area contributed by atoms with Gasteiger partial charge in [0.25, 0.3) is 0 Å². The van der Waals surface area contributed by atoms with Crippen molar-refractivity contribution in [1.82, 2.24) is 9.66 Å². The van der Waals surface area contributed by atoms with Crippen LogP contribution in [0.4, 0.5) is 5.82 Å². The molecule has 1 aromatic heterocycles. The van der Waals surface area contributed by atoms with Crippen LogP contribution in [0.3, 0.4) is 0 Å². The fourth-order valence-electron chi connectivity index (χ4n) is 3.03. The minimum atomic E-state index is 0.401. The molecule has 1 heterocycles. The second-order valence-electron chi connectivity index (χ2n) is 5.60. The van der Waals surface area contributed by atoms with E-state index in [4.69, 9.17) is 16.8 Å². The number of benzene rings is 1. The number of imidazole rings is 1. The van der Waals surface area contributed by atoms with Crippen molar-refractivity contribution in [1.29, 1.82) is 5.26 Å². The lowest BCUT2D eigenvalue weighted by atomic mass is 9.89. The van der Waals surface area contributed by atoms with E-state index in [9.17, 15) is 0 Å². The zero-order chi connectivity index (χ0) is 14.8. The standard InChI is InChI=1S/C16H19N5/c17-10-11-6-8-12(9-7-11)14-15(18)21(19)16(20-14)13-4-2-1-3-5-13/h6-9,13H,1-5,18-19H2. The highest BCUT2D eigenvalue weighted by atomic mass is 15.4. The maximum Gasteiger partial charge on any atom is 0.150 e. The molecule has 0 saturated heterocycles. The number of anilines is 1. The fourth-order valence-corrected chi connectivity index (χ4v) is 3.03. The highest BCUT2D eigenvalue weighted by Gasteiger charge is 2.23. The zero-order valence-corrected chi connectivity index (χ0v) is 11.9. The summed E-state index contributed by atoms with van der Waals surface area (Å²) in [5.41, 5.74) is 8.35. The van der Waals surface area contributed by atoms with Crippen LogP contribution in [0, 0.1) is 11.3 Å². The van der Waals surface area contributed by atoms with Crippen LogP contribution in [0.15, 0.2) is 24.3 Å². The normalized spacial score (nSPS) is 15.8. The molecule has 1 aliphatic carbocycles. The van der Waals surface area contributed by atoms with Gasteiger partial charge in [-0.2, -0.15) is 5.26 Å². The van der Waals surface area contributed by atoms with Gasteiger partial charge < -0.3 is 11.6 Å². The largest absolute Gasteiger partial charge is 0.382 e. The number of hydrogen-bond donors (Lipinski definition) is 2. The van der Waals surface area contributed by atoms with Crippen LogP contribution in [0.25, 0.3) is 11.3 Å². The zero-order valence-electron chi connectivity index (χ0n) is 11.9. The first-order valence-corrected chi connectivity index (χ1v) is 7.34. The van der Waals surface area contributed by atoms with Crippen LogP contribution in [0.2, 0.25) is 0 Å². The smallest absolute Gasteiger partial charge is 0.150 e. The van der Waals surface area contributed by atoms with E-state index in [1.54, 1.807) is 12.1 Å². The Kier molecular flexibility index (Phi) is 3.53. The maximum absolute atomic E-state index is 8.86. The van der Waals surface area contributed by atoms with Crippen LogP contribution in [0.5, 0.6) is 0 Å². The molecule has 108 valence electrons. The summed E-state index contributed by atoms with van der Waals surface area (Å²) >= 11 is 0. The minimum absolute atomic E-state index is 0.401. The van der Waals surface area contributed by atoms with E-state index in [1.165, 1.54) is 23.9 Å². The molecule has 0 aliphatic heterocycles. The first-order chi connectivity index (χ1) is 10.2. The van der Waals surface area contributed by atoms with Crippen molar-refractivity contribution in [2.24, 2.45) is 0 Å². The van der Waals surface area contributed by atoms with Crippen LogP contribution < -0.4 is 11.6 Å². The van der Waals surface area contributed by atoms with E-state index in [1.807, 2.05) is 12.1 Å². The molecule has 0 atom stereocenters. The van der Waals surface area contributed by atoms with Crippen molar-refractivity contribution in [2.75, 3.05) is 11.6 Å². The highest BCUT2D eigenvalue weighted by Crippen LogP contribution is 2.35. The summed E-state index contributed by atoms with van der Waals surface area (Å²) in [6.45, 7) is 0. The van der Waals surface area contributed by atoms with Gasteiger partial charge in [-0.25, -0.2) is 9.66 Å². The van der Waals surface area contributed by atoms with Gasteiger partial charge in [-0.3, -0.25) is 0 Å². The van der Waals surface area contributed by atoms with Crippen molar-refractivity contribution < 1.29 is 0 Å². The molecular formula is C16H19N5. The van der Waals surface area contributed by atoms with Crippen LogP contribution in [-0.4, -0.2) is 9.66 Å². The van der Waals surface area contributed by atoms with Gasteiger partial charge in [0.2, 0.25) is 0 Å². The molecule has 2 aromatic rings. The summed E-state index contributed by atoms with van der Waals surface area (Å²) in [5, 5.41) is 8.86. The van der Waals surface area contributed by atoms with Gasteiger partial charge >= 0.3 is 0 Å². The lowest BCUT2D eigenvalue weighted by Gasteiger charge is -2.20. The topological polar surface area (TPSA) is 93.6 Å². The summed E-state index contributed by atoms with van der Waals surface area (Å²) in [5.74, 6) is 7.87. The van der Waals surface area contributed by atoms with Gasteiger partial charge in [-0.1, -0.05) is 31.4 Å². The average molecular weight is 281 g/mol. The summed E-state index contributed by atoms with van der Waals surface area (Å²) in [6, 6.07) is 9.37. The molecule has 1 aliphatic rings. The monoisotopic (exact) mass is 281 g/mol. The highest BCUT2D eigenvalue weighted by molar-refractivity contribution is 5.71. The second kappa shape index (κ2) is 5.49. The third-order valence-corrected chi connectivity index (χ3v) is 4.23. The van der Waals surface area contributed by atoms with E-state index in [0.717, 1.165) is 24.2 Å². The number of nitrogen functional groups attached to an aromatic ring is 2. The number of nitrogens with two attached hydrogens (primary N) is 2. The van der Waals surface area contributed by atoms with Gasteiger partial charge in [-0.05, 0) is 25.0 Å². The van der Waals surface area contributed by atoms with Crippen molar-refractivity contribution in [3.63, 3.8) is 0 Å². The molecule has 0 spiro atoms. The summed E-state index contributed by atoms with van der Waals surface area (Å²) in [4.78, 5) is 4.69. The predicted octanol–water partition coefficient (Wildman–Crippen LogP) is 2.77. The fraction of sp³-hybridized carbons (Fsp3) is 0.375. The van der Waals surface area contributed by atoms with E-state index < -0.39 is 0 Å². The minimum Gasteiger partial charge on any atom is -0.382 e. The Balaban J connectivity index is 1.97. The molecule has 21 heavy (non-hydrogen) atoms.